The highest BCUT2D eigenvalue weighted by Crippen LogP contribution is 2.17. The molecule has 0 radical (unpaired) electrons. The summed E-state index contributed by atoms with van der Waals surface area (Å²) >= 11 is 0. The minimum Gasteiger partial charge on any atom is -0.344 e. The van der Waals surface area contributed by atoms with Crippen LogP contribution in [0.15, 0.2) is 23.0 Å². The zero-order chi connectivity index (χ0) is 11.4. The van der Waals surface area contributed by atoms with Crippen molar-refractivity contribution >= 4 is 5.95 Å². The molecule has 16 heavy (non-hydrogen) atoms. The molecule has 0 aromatic carbocycles. The summed E-state index contributed by atoms with van der Waals surface area (Å²) in [6.07, 6.45) is 4.20. The van der Waals surface area contributed by atoms with Gasteiger partial charge in [-0.05, 0) is 12.5 Å². The highest BCUT2D eigenvalue weighted by molar-refractivity contribution is 5.25. The van der Waals surface area contributed by atoms with Gasteiger partial charge in [-0.2, -0.15) is 4.98 Å². The number of hydrogen-bond acceptors (Lipinski definition) is 6. The number of hydrogen-bond donors (Lipinski definition) is 1. The van der Waals surface area contributed by atoms with E-state index < -0.39 is 0 Å². The van der Waals surface area contributed by atoms with E-state index in [1.807, 2.05) is 6.92 Å². The van der Waals surface area contributed by atoms with Crippen molar-refractivity contribution < 1.29 is 4.52 Å². The van der Waals surface area contributed by atoms with E-state index >= 15 is 0 Å². The molecule has 0 amide bonds. The van der Waals surface area contributed by atoms with Crippen LogP contribution in [0.1, 0.15) is 31.1 Å². The van der Waals surface area contributed by atoms with Crippen LogP contribution in [0.2, 0.25) is 0 Å². The van der Waals surface area contributed by atoms with Crippen LogP contribution in [-0.4, -0.2) is 20.1 Å². The molecule has 1 N–H and O–H groups in total. The second-order valence-corrected chi connectivity index (χ2v) is 3.35. The molecule has 2 aromatic heterocycles. The Bertz CT molecular complexity index is 441. The summed E-state index contributed by atoms with van der Waals surface area (Å²) in [6.45, 7) is 3.80. The van der Waals surface area contributed by atoms with Crippen LogP contribution in [0.4, 0.5) is 5.95 Å². The lowest BCUT2D eigenvalue weighted by atomic mass is 10.2. The van der Waals surface area contributed by atoms with Gasteiger partial charge in [0.1, 0.15) is 0 Å². The molecule has 0 saturated carbocycles. The highest BCUT2D eigenvalue weighted by Gasteiger charge is 2.15. The number of rotatable bonds is 4. The van der Waals surface area contributed by atoms with Gasteiger partial charge < -0.3 is 9.84 Å². The number of nitrogens with zero attached hydrogens (tertiary/aromatic N) is 4. The number of nitrogens with one attached hydrogen (secondary N) is 1. The van der Waals surface area contributed by atoms with Crippen LogP contribution >= 0.6 is 0 Å². The molecule has 2 aromatic rings. The molecule has 0 bridgehead atoms. The Morgan fingerprint density at radius 2 is 2.12 bits per heavy atom. The van der Waals surface area contributed by atoms with Gasteiger partial charge in [-0.3, -0.25) is 0 Å². The summed E-state index contributed by atoms with van der Waals surface area (Å²) in [7, 11) is 0. The number of aryl methyl sites for hydroxylation is 1. The molecule has 6 nitrogen and oxygen atoms in total. The maximum atomic E-state index is 4.94. The van der Waals surface area contributed by atoms with Crippen LogP contribution < -0.4 is 5.32 Å². The summed E-state index contributed by atoms with van der Waals surface area (Å²) < 4.78 is 4.94. The first-order valence-electron chi connectivity index (χ1n) is 5.13. The average molecular weight is 219 g/mol. The van der Waals surface area contributed by atoms with Crippen molar-refractivity contribution in [2.45, 2.75) is 26.3 Å². The van der Waals surface area contributed by atoms with Crippen LogP contribution in [0.3, 0.4) is 0 Å². The topological polar surface area (TPSA) is 76.7 Å². The zero-order valence-corrected chi connectivity index (χ0v) is 9.21. The fourth-order valence-corrected chi connectivity index (χ4v) is 1.34. The largest absolute Gasteiger partial charge is 0.344 e. The van der Waals surface area contributed by atoms with E-state index in [9.17, 15) is 0 Å². The zero-order valence-electron chi connectivity index (χ0n) is 9.21. The number of aromatic nitrogens is 4. The van der Waals surface area contributed by atoms with Crippen molar-refractivity contribution in [2.75, 3.05) is 5.32 Å². The van der Waals surface area contributed by atoms with Crippen molar-refractivity contribution in [2.24, 2.45) is 0 Å². The van der Waals surface area contributed by atoms with Gasteiger partial charge in [0.25, 0.3) is 0 Å². The van der Waals surface area contributed by atoms with Gasteiger partial charge >= 0.3 is 0 Å². The Labute approximate surface area is 93.1 Å². The normalized spacial score (nSPS) is 12.4. The molecule has 6 heteroatoms. The smallest absolute Gasteiger partial charge is 0.223 e. The number of anilines is 1. The van der Waals surface area contributed by atoms with E-state index in [0.29, 0.717) is 17.7 Å². The minimum atomic E-state index is -0.0279. The summed E-state index contributed by atoms with van der Waals surface area (Å²) in [6, 6.07) is 1.74. The Balaban J connectivity index is 2.12. The predicted octanol–water partition coefficient (Wildman–Crippen LogP) is 1.73. The van der Waals surface area contributed by atoms with E-state index in [0.717, 1.165) is 6.42 Å². The molecular weight excluding hydrogens is 206 g/mol. The standard InChI is InChI=1S/C10H13N5O/c1-3-8(9-13-7(2)16-15-9)14-10-11-5-4-6-12-10/h4-6,8H,3H2,1-2H3,(H,11,12,14). The monoisotopic (exact) mass is 219 g/mol. The first kappa shape index (κ1) is 10.5. The lowest BCUT2D eigenvalue weighted by Crippen LogP contribution is -2.13. The summed E-state index contributed by atoms with van der Waals surface area (Å²) in [5.74, 6) is 1.76. The first-order valence-corrected chi connectivity index (χ1v) is 5.13. The van der Waals surface area contributed by atoms with E-state index in [2.05, 4.69) is 25.4 Å². The molecule has 0 saturated heterocycles. The second-order valence-electron chi connectivity index (χ2n) is 3.35. The predicted molar refractivity (Wildman–Crippen MR) is 57.7 cm³/mol. The van der Waals surface area contributed by atoms with E-state index in [-0.39, 0.29) is 6.04 Å². The third-order valence-electron chi connectivity index (χ3n) is 2.13. The van der Waals surface area contributed by atoms with Gasteiger partial charge in [0.05, 0.1) is 6.04 Å². The van der Waals surface area contributed by atoms with E-state index in [1.54, 1.807) is 25.4 Å². The second kappa shape index (κ2) is 4.69. The van der Waals surface area contributed by atoms with Gasteiger partial charge in [0.15, 0.2) is 5.82 Å². The molecule has 1 unspecified atom stereocenters. The minimum absolute atomic E-state index is 0.0279. The lowest BCUT2D eigenvalue weighted by Gasteiger charge is -2.12. The molecule has 0 fully saturated rings. The SMILES string of the molecule is CCC(Nc1ncccn1)c1noc(C)n1. The Morgan fingerprint density at radius 1 is 1.38 bits per heavy atom. The van der Waals surface area contributed by atoms with Crippen LogP contribution in [0, 0.1) is 6.92 Å². The Kier molecular flexibility index (Phi) is 3.09. The first-order chi connectivity index (χ1) is 7.79. The molecular formula is C10H13N5O. The van der Waals surface area contributed by atoms with Crippen LogP contribution in [0.5, 0.6) is 0 Å². The van der Waals surface area contributed by atoms with Crippen molar-refractivity contribution in [1.82, 2.24) is 20.1 Å². The van der Waals surface area contributed by atoms with Crippen molar-refractivity contribution in [3.8, 4) is 0 Å². The van der Waals surface area contributed by atoms with Gasteiger partial charge in [0, 0.05) is 19.3 Å². The van der Waals surface area contributed by atoms with Crippen molar-refractivity contribution in [3.63, 3.8) is 0 Å². The summed E-state index contributed by atoms with van der Waals surface area (Å²) in [4.78, 5) is 12.4. The van der Waals surface area contributed by atoms with Crippen molar-refractivity contribution in [1.29, 1.82) is 0 Å². The molecule has 2 rings (SSSR count). The fourth-order valence-electron chi connectivity index (χ4n) is 1.34. The molecule has 1 atom stereocenters. The third-order valence-corrected chi connectivity index (χ3v) is 2.13. The maximum Gasteiger partial charge on any atom is 0.223 e. The van der Waals surface area contributed by atoms with E-state index in [4.69, 9.17) is 4.52 Å². The fraction of sp³-hybridized carbons (Fsp3) is 0.400. The quantitative estimate of drug-likeness (QED) is 0.843. The molecule has 0 aliphatic rings. The lowest BCUT2D eigenvalue weighted by molar-refractivity contribution is 0.384. The Morgan fingerprint density at radius 3 is 2.69 bits per heavy atom. The summed E-state index contributed by atoms with van der Waals surface area (Å²) in [5.41, 5.74) is 0. The van der Waals surface area contributed by atoms with E-state index in [1.165, 1.54) is 0 Å². The van der Waals surface area contributed by atoms with Gasteiger partial charge in [-0.15, -0.1) is 0 Å². The van der Waals surface area contributed by atoms with Gasteiger partial charge in [-0.25, -0.2) is 9.97 Å². The average Bonchev–Trinajstić information content (AvgIpc) is 2.74. The molecule has 0 spiro atoms. The van der Waals surface area contributed by atoms with Gasteiger partial charge in [-0.1, -0.05) is 12.1 Å². The molecule has 0 aliphatic heterocycles. The van der Waals surface area contributed by atoms with Crippen molar-refractivity contribution in [3.05, 3.63) is 30.2 Å². The van der Waals surface area contributed by atoms with Crippen LogP contribution in [0.25, 0.3) is 0 Å². The third kappa shape index (κ3) is 2.33. The Hall–Kier alpha value is -1.98. The summed E-state index contributed by atoms with van der Waals surface area (Å²) in [5, 5.41) is 7.03. The van der Waals surface area contributed by atoms with Crippen LogP contribution in [-0.2, 0) is 0 Å². The van der Waals surface area contributed by atoms with Gasteiger partial charge in [0.2, 0.25) is 11.8 Å². The molecule has 0 aliphatic carbocycles. The molecule has 2 heterocycles. The molecule has 84 valence electrons. The maximum absolute atomic E-state index is 4.94. The highest BCUT2D eigenvalue weighted by atomic mass is 16.5.